The first kappa shape index (κ1) is 22.8. The van der Waals surface area contributed by atoms with Gasteiger partial charge >= 0.3 is 0 Å². The van der Waals surface area contributed by atoms with Gasteiger partial charge in [-0.25, -0.2) is 5.43 Å². The lowest BCUT2D eigenvalue weighted by Crippen LogP contribution is -2.21. The maximum Gasteiger partial charge on any atom is 0.299 e. The summed E-state index contributed by atoms with van der Waals surface area (Å²) in [6.07, 6.45) is 3.23. The van der Waals surface area contributed by atoms with Gasteiger partial charge in [-0.15, -0.1) is 0 Å². The summed E-state index contributed by atoms with van der Waals surface area (Å²) < 4.78 is 0. The molecule has 0 bridgehead atoms. The molecule has 0 aromatic heterocycles. The second kappa shape index (κ2) is 10.5. The van der Waals surface area contributed by atoms with Crippen LogP contribution in [-0.4, -0.2) is 14.8 Å². The first-order chi connectivity index (χ1) is 15.8. The molecule has 0 radical (unpaired) electrons. The number of nitrogens with zero attached hydrogens (tertiary/aromatic N) is 3. The van der Waals surface area contributed by atoms with E-state index in [0.29, 0.717) is 12.2 Å². The molecule has 33 heavy (non-hydrogen) atoms. The fourth-order valence-corrected chi connectivity index (χ4v) is 2.89. The molecule has 3 aromatic rings. The monoisotopic (exact) mass is 450 g/mol. The Labute approximate surface area is 187 Å². The van der Waals surface area contributed by atoms with Gasteiger partial charge in [-0.1, -0.05) is 24.3 Å². The van der Waals surface area contributed by atoms with Crippen molar-refractivity contribution < 1.29 is 14.8 Å². The van der Waals surface area contributed by atoms with Crippen molar-refractivity contribution in [3.8, 4) is 0 Å². The van der Waals surface area contributed by atoms with Crippen LogP contribution in [0.25, 0.3) is 6.08 Å². The van der Waals surface area contributed by atoms with Crippen LogP contribution in [0.4, 0.5) is 28.4 Å². The van der Waals surface area contributed by atoms with E-state index in [1.54, 1.807) is 18.2 Å². The van der Waals surface area contributed by atoms with Crippen LogP contribution >= 0.6 is 0 Å². The molecule has 0 fully saturated rings. The third-order valence-electron chi connectivity index (χ3n) is 4.54. The Morgan fingerprint density at radius 1 is 0.788 bits per heavy atom. The quantitative estimate of drug-likeness (QED) is 0.295. The third-order valence-corrected chi connectivity index (χ3v) is 4.54. The van der Waals surface area contributed by atoms with E-state index in [2.05, 4.69) is 16.2 Å². The van der Waals surface area contributed by atoms with Crippen molar-refractivity contribution in [3.05, 3.63) is 114 Å². The van der Waals surface area contributed by atoms with Crippen molar-refractivity contribution in [3.63, 3.8) is 0 Å². The van der Waals surface area contributed by atoms with Gasteiger partial charge in [0.25, 0.3) is 17.1 Å². The number of non-ortho nitro benzene ring substituents is 2. The highest BCUT2D eigenvalue weighted by molar-refractivity contribution is 5.68. The van der Waals surface area contributed by atoms with Gasteiger partial charge in [0, 0.05) is 36.6 Å². The molecular weight excluding hydrogens is 432 g/mol. The molecule has 3 rings (SSSR count). The SMILES string of the molecule is O=[N+]([O-])c1ccc(NNCc2ccccc2/C=C/Nc2ccc([N+](=O)[O-])cc2[N+](=O)[O-])cc1. The van der Waals surface area contributed by atoms with Crippen molar-refractivity contribution >= 4 is 34.5 Å². The van der Waals surface area contributed by atoms with Crippen LogP contribution in [0.2, 0.25) is 0 Å². The number of hydrogen-bond acceptors (Lipinski definition) is 9. The van der Waals surface area contributed by atoms with Gasteiger partial charge in [0.15, 0.2) is 0 Å². The summed E-state index contributed by atoms with van der Waals surface area (Å²) in [5.74, 6) is 0. The van der Waals surface area contributed by atoms with Crippen molar-refractivity contribution in [2.45, 2.75) is 6.54 Å². The molecule has 168 valence electrons. The molecule has 3 N–H and O–H groups in total. The Kier molecular flexibility index (Phi) is 7.24. The Hall–Kier alpha value is -4.84. The standard InChI is InChI=1S/C21H18N6O6/c28-25(29)18-7-5-17(6-8-18)24-23-14-16-4-2-1-3-15(16)11-12-22-20-10-9-19(26(30)31)13-21(20)27(32)33/h1-13,22-24H,14H2/b12-11+. The predicted octanol–water partition coefficient (Wildman–Crippen LogP) is 4.61. The summed E-state index contributed by atoms with van der Waals surface area (Å²) in [6.45, 7) is 0.412. The second-order valence-electron chi connectivity index (χ2n) is 6.67. The van der Waals surface area contributed by atoms with Crippen molar-refractivity contribution in [2.24, 2.45) is 0 Å². The minimum absolute atomic E-state index is 0.00297. The van der Waals surface area contributed by atoms with Crippen LogP contribution in [0.3, 0.4) is 0 Å². The molecule has 3 aromatic carbocycles. The van der Waals surface area contributed by atoms with Crippen LogP contribution in [0, 0.1) is 30.3 Å². The molecule has 0 atom stereocenters. The third kappa shape index (κ3) is 6.08. The fourth-order valence-electron chi connectivity index (χ4n) is 2.89. The summed E-state index contributed by atoms with van der Waals surface area (Å²) in [6, 6.07) is 16.7. The van der Waals surface area contributed by atoms with Crippen LogP contribution in [0.5, 0.6) is 0 Å². The Morgan fingerprint density at radius 3 is 2.12 bits per heavy atom. The number of nitro groups is 3. The smallest absolute Gasteiger partial charge is 0.299 e. The minimum atomic E-state index is -0.694. The molecule has 0 saturated carbocycles. The number of rotatable bonds is 10. The normalized spacial score (nSPS) is 10.7. The number of hydrogen-bond donors (Lipinski definition) is 3. The van der Waals surface area contributed by atoms with E-state index in [9.17, 15) is 30.3 Å². The molecule has 0 saturated heterocycles. The lowest BCUT2D eigenvalue weighted by atomic mass is 10.1. The van der Waals surface area contributed by atoms with Crippen LogP contribution in [0.15, 0.2) is 72.9 Å². The molecule has 0 aliphatic heterocycles. The number of benzene rings is 3. The highest BCUT2D eigenvalue weighted by atomic mass is 16.6. The van der Waals surface area contributed by atoms with Gasteiger partial charge in [-0.2, -0.15) is 0 Å². The molecule has 0 amide bonds. The molecule has 12 nitrogen and oxygen atoms in total. The summed E-state index contributed by atoms with van der Waals surface area (Å²) in [5.41, 5.74) is 7.72. The highest BCUT2D eigenvalue weighted by Crippen LogP contribution is 2.29. The fraction of sp³-hybridized carbons (Fsp3) is 0.0476. The molecular formula is C21H18N6O6. The van der Waals surface area contributed by atoms with E-state index in [4.69, 9.17) is 0 Å². The average Bonchev–Trinajstić information content (AvgIpc) is 2.80. The molecule has 0 aliphatic carbocycles. The topological polar surface area (TPSA) is 166 Å². The molecule has 12 heteroatoms. The van der Waals surface area contributed by atoms with Crippen LogP contribution < -0.4 is 16.2 Å². The van der Waals surface area contributed by atoms with Gasteiger partial charge in [0.1, 0.15) is 5.69 Å². The van der Waals surface area contributed by atoms with Gasteiger partial charge in [-0.05, 0) is 35.4 Å². The van der Waals surface area contributed by atoms with E-state index < -0.39 is 20.5 Å². The van der Waals surface area contributed by atoms with Crippen molar-refractivity contribution in [1.29, 1.82) is 0 Å². The number of nitrogens with one attached hydrogen (secondary N) is 3. The zero-order valence-electron chi connectivity index (χ0n) is 17.0. The summed E-state index contributed by atoms with van der Waals surface area (Å²) in [7, 11) is 0. The van der Waals surface area contributed by atoms with Crippen LogP contribution in [0.1, 0.15) is 11.1 Å². The second-order valence-corrected chi connectivity index (χ2v) is 6.67. The maximum atomic E-state index is 11.2. The zero-order chi connectivity index (χ0) is 23.8. The van der Waals surface area contributed by atoms with Crippen molar-refractivity contribution in [1.82, 2.24) is 5.43 Å². The number of hydrazine groups is 1. The maximum absolute atomic E-state index is 11.2. The largest absolute Gasteiger partial charge is 0.356 e. The van der Waals surface area contributed by atoms with E-state index >= 15 is 0 Å². The van der Waals surface area contributed by atoms with E-state index in [0.717, 1.165) is 17.2 Å². The molecule has 0 spiro atoms. The van der Waals surface area contributed by atoms with Gasteiger partial charge in [-0.3, -0.25) is 30.3 Å². The zero-order valence-corrected chi connectivity index (χ0v) is 17.0. The Morgan fingerprint density at radius 2 is 1.45 bits per heavy atom. The van der Waals surface area contributed by atoms with Gasteiger partial charge in [0.2, 0.25) is 0 Å². The van der Waals surface area contributed by atoms with E-state index in [1.807, 2.05) is 24.3 Å². The average molecular weight is 450 g/mol. The highest BCUT2D eigenvalue weighted by Gasteiger charge is 2.18. The minimum Gasteiger partial charge on any atom is -0.356 e. The summed E-state index contributed by atoms with van der Waals surface area (Å²) in [4.78, 5) is 31.0. The van der Waals surface area contributed by atoms with E-state index in [-0.39, 0.29) is 17.1 Å². The van der Waals surface area contributed by atoms with Gasteiger partial charge < -0.3 is 10.7 Å². The lowest BCUT2D eigenvalue weighted by molar-refractivity contribution is -0.393. The Balaban J connectivity index is 1.65. The summed E-state index contributed by atoms with van der Waals surface area (Å²) in [5, 5.41) is 35.6. The van der Waals surface area contributed by atoms with Gasteiger partial charge in [0.05, 0.1) is 20.8 Å². The lowest BCUT2D eigenvalue weighted by Gasteiger charge is -2.10. The number of nitro benzene ring substituents is 3. The van der Waals surface area contributed by atoms with Crippen molar-refractivity contribution in [2.75, 3.05) is 10.7 Å². The van der Waals surface area contributed by atoms with E-state index in [1.165, 1.54) is 30.5 Å². The predicted molar refractivity (Wildman–Crippen MR) is 122 cm³/mol. The molecule has 0 aliphatic rings. The first-order valence-corrected chi connectivity index (χ1v) is 9.52. The summed E-state index contributed by atoms with van der Waals surface area (Å²) >= 11 is 0. The number of anilines is 2. The first-order valence-electron chi connectivity index (χ1n) is 9.52. The molecule has 0 unspecified atom stereocenters. The molecule has 0 heterocycles. The Bertz CT molecular complexity index is 1210. The van der Waals surface area contributed by atoms with Crippen LogP contribution in [-0.2, 0) is 6.54 Å².